The maximum absolute atomic E-state index is 12.5. The lowest BCUT2D eigenvalue weighted by Crippen LogP contribution is -2.51. The van der Waals surface area contributed by atoms with Gasteiger partial charge in [-0.2, -0.15) is 0 Å². The van der Waals surface area contributed by atoms with Crippen LogP contribution in [-0.4, -0.2) is 42.0 Å². The van der Waals surface area contributed by atoms with Gasteiger partial charge >= 0.3 is 0 Å². The monoisotopic (exact) mass is 372 g/mol. The highest BCUT2D eigenvalue weighted by Gasteiger charge is 2.32. The van der Waals surface area contributed by atoms with E-state index < -0.39 is 0 Å². The number of hydrogen-bond donors (Lipinski definition) is 1. The van der Waals surface area contributed by atoms with E-state index in [-0.39, 0.29) is 12.0 Å². The summed E-state index contributed by atoms with van der Waals surface area (Å²) in [7, 11) is 0. The standard InChI is InChI=1S/C20H25ClN4O/c1-13(22)16-12-17(21)15-6-3-7-23-18(15)19(16)24-8-10-25(11-9-24)20(26)14-4-2-5-14/h3,6-7,12-14H,2,4-5,8-11,22H2,1H3. The first-order valence-electron chi connectivity index (χ1n) is 9.42. The van der Waals surface area contributed by atoms with E-state index in [2.05, 4.69) is 9.88 Å². The fourth-order valence-electron chi connectivity index (χ4n) is 3.95. The number of pyridine rings is 1. The smallest absolute Gasteiger partial charge is 0.225 e. The molecule has 138 valence electrons. The zero-order valence-corrected chi connectivity index (χ0v) is 15.9. The molecule has 2 aliphatic rings. The van der Waals surface area contributed by atoms with E-state index in [0.717, 1.165) is 61.2 Å². The van der Waals surface area contributed by atoms with Crippen LogP contribution >= 0.6 is 11.6 Å². The first-order chi connectivity index (χ1) is 12.6. The number of carbonyl (C=O) groups is 1. The molecule has 0 bridgehead atoms. The lowest BCUT2D eigenvalue weighted by atomic mass is 9.84. The normalized spacial score (nSPS) is 19.5. The van der Waals surface area contributed by atoms with Crippen LogP contribution in [0.5, 0.6) is 0 Å². The number of nitrogens with zero attached hydrogens (tertiary/aromatic N) is 3. The van der Waals surface area contributed by atoms with Gasteiger partial charge in [-0.1, -0.05) is 18.0 Å². The van der Waals surface area contributed by atoms with E-state index in [1.54, 1.807) is 6.20 Å². The highest BCUT2D eigenvalue weighted by Crippen LogP contribution is 2.37. The average molecular weight is 373 g/mol. The molecule has 2 aromatic rings. The number of benzene rings is 1. The summed E-state index contributed by atoms with van der Waals surface area (Å²) < 4.78 is 0. The van der Waals surface area contributed by atoms with Gasteiger partial charge in [0, 0.05) is 49.7 Å². The van der Waals surface area contributed by atoms with Crippen molar-refractivity contribution < 1.29 is 4.79 Å². The van der Waals surface area contributed by atoms with E-state index in [1.165, 1.54) is 6.42 Å². The summed E-state index contributed by atoms with van der Waals surface area (Å²) in [6, 6.07) is 5.73. The zero-order valence-electron chi connectivity index (χ0n) is 15.1. The second kappa shape index (κ2) is 7.05. The molecule has 1 saturated carbocycles. The first kappa shape index (κ1) is 17.6. The van der Waals surface area contributed by atoms with E-state index in [4.69, 9.17) is 17.3 Å². The van der Waals surface area contributed by atoms with Crippen LogP contribution in [-0.2, 0) is 4.79 Å². The fourth-order valence-corrected chi connectivity index (χ4v) is 4.22. The highest BCUT2D eigenvalue weighted by atomic mass is 35.5. The number of fused-ring (bicyclic) bond motifs is 1. The molecule has 1 atom stereocenters. The van der Waals surface area contributed by atoms with Gasteiger partial charge in [0.25, 0.3) is 0 Å². The van der Waals surface area contributed by atoms with Gasteiger partial charge in [-0.3, -0.25) is 9.78 Å². The van der Waals surface area contributed by atoms with E-state index in [9.17, 15) is 4.79 Å². The Morgan fingerprint density at radius 2 is 2.04 bits per heavy atom. The number of hydrogen-bond acceptors (Lipinski definition) is 4. The molecule has 2 N–H and O–H groups in total. The maximum atomic E-state index is 12.5. The van der Waals surface area contributed by atoms with Crippen molar-refractivity contribution in [1.82, 2.24) is 9.88 Å². The van der Waals surface area contributed by atoms with E-state index in [1.807, 2.05) is 30.0 Å². The number of piperazine rings is 1. The molecule has 1 aliphatic carbocycles. The molecule has 0 radical (unpaired) electrons. The van der Waals surface area contributed by atoms with E-state index >= 15 is 0 Å². The first-order valence-corrected chi connectivity index (χ1v) is 9.80. The Labute approximate surface area is 159 Å². The molecule has 1 aromatic heterocycles. The zero-order chi connectivity index (χ0) is 18.3. The summed E-state index contributed by atoms with van der Waals surface area (Å²) >= 11 is 6.47. The third-order valence-electron chi connectivity index (χ3n) is 5.70. The van der Waals surface area contributed by atoms with Crippen molar-refractivity contribution in [3.63, 3.8) is 0 Å². The lowest BCUT2D eigenvalue weighted by Gasteiger charge is -2.40. The second-order valence-electron chi connectivity index (χ2n) is 7.42. The number of amides is 1. The minimum absolute atomic E-state index is 0.136. The molecule has 1 amide bonds. The highest BCUT2D eigenvalue weighted by molar-refractivity contribution is 6.36. The van der Waals surface area contributed by atoms with Crippen LogP contribution < -0.4 is 10.6 Å². The van der Waals surface area contributed by atoms with Gasteiger partial charge in [-0.15, -0.1) is 0 Å². The SMILES string of the molecule is CC(N)c1cc(Cl)c2cccnc2c1N1CCN(C(=O)C2CCC2)CC1. The molecule has 1 unspecified atom stereocenters. The Morgan fingerprint density at radius 1 is 1.31 bits per heavy atom. The van der Waals surface area contributed by atoms with Crippen LogP contribution in [0.4, 0.5) is 5.69 Å². The molecule has 0 spiro atoms. The van der Waals surface area contributed by atoms with Gasteiger partial charge in [0.15, 0.2) is 0 Å². The molecular weight excluding hydrogens is 348 g/mol. The van der Waals surface area contributed by atoms with E-state index in [0.29, 0.717) is 10.9 Å². The van der Waals surface area contributed by atoms with Crippen molar-refractivity contribution in [3.8, 4) is 0 Å². The Balaban J connectivity index is 1.63. The molecule has 1 aliphatic heterocycles. The van der Waals surface area contributed by atoms with Crippen molar-refractivity contribution in [2.24, 2.45) is 11.7 Å². The third-order valence-corrected chi connectivity index (χ3v) is 6.01. The van der Waals surface area contributed by atoms with Gasteiger partial charge in [0.2, 0.25) is 5.91 Å². The minimum Gasteiger partial charge on any atom is -0.366 e. The summed E-state index contributed by atoms with van der Waals surface area (Å²) in [5, 5.41) is 1.63. The average Bonchev–Trinajstić information content (AvgIpc) is 2.60. The predicted octanol–water partition coefficient (Wildman–Crippen LogP) is 3.36. The second-order valence-corrected chi connectivity index (χ2v) is 7.83. The van der Waals surface area contributed by atoms with Crippen molar-refractivity contribution in [2.45, 2.75) is 32.2 Å². The summed E-state index contributed by atoms with van der Waals surface area (Å²) in [6.07, 6.45) is 5.10. The van der Waals surface area contributed by atoms with Gasteiger partial charge in [0.05, 0.1) is 16.2 Å². The van der Waals surface area contributed by atoms with Gasteiger partial charge < -0.3 is 15.5 Å². The third kappa shape index (κ3) is 3.03. The van der Waals surface area contributed by atoms with Gasteiger partial charge in [-0.05, 0) is 43.5 Å². The lowest BCUT2D eigenvalue weighted by molar-refractivity contribution is -0.138. The topological polar surface area (TPSA) is 62.5 Å². The van der Waals surface area contributed by atoms with Crippen molar-refractivity contribution in [3.05, 3.63) is 35.0 Å². The van der Waals surface area contributed by atoms with Gasteiger partial charge in [-0.25, -0.2) is 0 Å². The number of rotatable bonds is 3. The quantitative estimate of drug-likeness (QED) is 0.897. The van der Waals surface area contributed by atoms with Crippen LogP contribution in [0.1, 0.15) is 37.8 Å². The Hall–Kier alpha value is -1.85. The maximum Gasteiger partial charge on any atom is 0.225 e. The summed E-state index contributed by atoms with van der Waals surface area (Å²) in [5.74, 6) is 0.599. The van der Waals surface area contributed by atoms with Crippen LogP contribution in [0.2, 0.25) is 5.02 Å². The largest absolute Gasteiger partial charge is 0.366 e. The number of aromatic nitrogens is 1. The molecule has 1 saturated heterocycles. The summed E-state index contributed by atoms with van der Waals surface area (Å²) in [5.41, 5.74) is 9.22. The van der Waals surface area contributed by atoms with Crippen LogP contribution in [0.3, 0.4) is 0 Å². The van der Waals surface area contributed by atoms with Gasteiger partial charge in [0.1, 0.15) is 0 Å². The molecule has 5 nitrogen and oxygen atoms in total. The fraction of sp³-hybridized carbons (Fsp3) is 0.500. The molecular formula is C20H25ClN4O. The molecule has 2 fully saturated rings. The molecule has 4 rings (SSSR count). The van der Waals surface area contributed by atoms with Crippen molar-refractivity contribution in [2.75, 3.05) is 31.1 Å². The molecule has 26 heavy (non-hydrogen) atoms. The number of anilines is 1. The summed E-state index contributed by atoms with van der Waals surface area (Å²) in [4.78, 5) is 21.5. The van der Waals surface area contributed by atoms with Crippen LogP contribution in [0.25, 0.3) is 10.9 Å². The molecule has 6 heteroatoms. The Bertz CT molecular complexity index is 826. The Morgan fingerprint density at radius 3 is 2.65 bits per heavy atom. The number of nitrogens with two attached hydrogens (primary N) is 1. The van der Waals surface area contributed by atoms with Crippen LogP contribution in [0, 0.1) is 5.92 Å². The number of halogens is 1. The minimum atomic E-state index is -0.136. The number of carbonyl (C=O) groups excluding carboxylic acids is 1. The summed E-state index contributed by atoms with van der Waals surface area (Å²) in [6.45, 7) is 5.08. The Kier molecular flexibility index (Phi) is 4.76. The molecule has 2 heterocycles. The van der Waals surface area contributed by atoms with Crippen molar-refractivity contribution >= 4 is 34.1 Å². The molecule has 1 aromatic carbocycles. The predicted molar refractivity (Wildman–Crippen MR) is 105 cm³/mol. The van der Waals surface area contributed by atoms with Crippen molar-refractivity contribution in [1.29, 1.82) is 0 Å². The van der Waals surface area contributed by atoms with Crippen LogP contribution in [0.15, 0.2) is 24.4 Å².